The maximum Gasteiger partial charge on any atom is 0.341 e. The Hall–Kier alpha value is -2.70. The second-order valence-corrected chi connectivity index (χ2v) is 8.04. The Kier molecular flexibility index (Phi) is 6.39. The molecule has 1 saturated heterocycles. The molecule has 3 aromatic rings. The zero-order valence-corrected chi connectivity index (χ0v) is 18.9. The first kappa shape index (κ1) is 21.5. The molecular weight excluding hydrogens is 437 g/mol. The van der Waals surface area contributed by atoms with Crippen LogP contribution in [0.1, 0.15) is 17.3 Å². The standard InChI is InChI=1S/C23H23Cl2N3O3/c1-3-31-23(29)18-14-26-20-13-19(25)21(30-2)12-17(20)22(18)28-9-7-27(8-10-28)16-6-4-5-15(24)11-16/h4-6,11-14H,3,7-10H2,1-2H3. The number of benzene rings is 2. The van der Waals surface area contributed by atoms with Crippen LogP contribution in [-0.4, -0.2) is 50.8 Å². The average molecular weight is 460 g/mol. The fraction of sp³-hybridized carbons (Fsp3) is 0.304. The molecule has 162 valence electrons. The van der Waals surface area contributed by atoms with Gasteiger partial charge in [-0.2, -0.15) is 0 Å². The van der Waals surface area contributed by atoms with Gasteiger partial charge in [0.2, 0.25) is 0 Å². The van der Waals surface area contributed by atoms with Crippen molar-refractivity contribution in [1.82, 2.24) is 4.98 Å². The Bertz CT molecular complexity index is 1110. The van der Waals surface area contributed by atoms with Gasteiger partial charge in [0.25, 0.3) is 0 Å². The Morgan fingerprint density at radius 1 is 1.10 bits per heavy atom. The second kappa shape index (κ2) is 9.20. The lowest BCUT2D eigenvalue weighted by Crippen LogP contribution is -2.47. The van der Waals surface area contributed by atoms with Crippen LogP contribution in [0, 0.1) is 0 Å². The van der Waals surface area contributed by atoms with Crippen molar-refractivity contribution in [2.24, 2.45) is 0 Å². The lowest BCUT2D eigenvalue weighted by Gasteiger charge is -2.38. The van der Waals surface area contributed by atoms with E-state index in [1.54, 1.807) is 26.3 Å². The minimum atomic E-state index is -0.391. The van der Waals surface area contributed by atoms with Gasteiger partial charge in [-0.1, -0.05) is 29.3 Å². The van der Waals surface area contributed by atoms with Crippen molar-refractivity contribution in [3.63, 3.8) is 0 Å². The van der Waals surface area contributed by atoms with Crippen LogP contribution >= 0.6 is 23.2 Å². The summed E-state index contributed by atoms with van der Waals surface area (Å²) >= 11 is 12.5. The molecule has 1 aliphatic rings. The molecule has 6 nitrogen and oxygen atoms in total. The van der Waals surface area contributed by atoms with Crippen molar-refractivity contribution in [2.75, 3.05) is 49.7 Å². The second-order valence-electron chi connectivity index (χ2n) is 7.20. The van der Waals surface area contributed by atoms with Crippen LogP contribution in [0.3, 0.4) is 0 Å². The molecule has 0 saturated carbocycles. The van der Waals surface area contributed by atoms with Crippen molar-refractivity contribution in [1.29, 1.82) is 0 Å². The summed E-state index contributed by atoms with van der Waals surface area (Å²) in [5.41, 5.74) is 3.02. The number of anilines is 2. The quantitative estimate of drug-likeness (QED) is 0.497. The maximum absolute atomic E-state index is 12.7. The van der Waals surface area contributed by atoms with Crippen molar-refractivity contribution >= 4 is 51.4 Å². The smallest absolute Gasteiger partial charge is 0.341 e. The number of methoxy groups -OCH3 is 1. The summed E-state index contributed by atoms with van der Waals surface area (Å²) in [7, 11) is 1.57. The molecule has 1 aromatic heterocycles. The number of rotatable bonds is 5. The van der Waals surface area contributed by atoms with Crippen LogP contribution in [0.25, 0.3) is 10.9 Å². The topological polar surface area (TPSA) is 54.9 Å². The van der Waals surface area contributed by atoms with E-state index in [2.05, 4.69) is 20.9 Å². The third-order valence-corrected chi connectivity index (χ3v) is 5.91. The molecule has 0 spiro atoms. The highest BCUT2D eigenvalue weighted by Gasteiger charge is 2.26. The molecule has 0 N–H and O–H groups in total. The van der Waals surface area contributed by atoms with Crippen molar-refractivity contribution in [2.45, 2.75) is 6.92 Å². The minimum absolute atomic E-state index is 0.294. The fourth-order valence-electron chi connectivity index (χ4n) is 3.90. The summed E-state index contributed by atoms with van der Waals surface area (Å²) in [5, 5.41) is 2.00. The summed E-state index contributed by atoms with van der Waals surface area (Å²) in [6.07, 6.45) is 1.57. The molecule has 0 unspecified atom stereocenters. The summed E-state index contributed by atoms with van der Waals surface area (Å²) in [6, 6.07) is 11.4. The number of hydrogen-bond donors (Lipinski definition) is 0. The van der Waals surface area contributed by atoms with Gasteiger partial charge in [0.05, 0.1) is 29.9 Å². The molecule has 0 amide bonds. The van der Waals surface area contributed by atoms with Crippen molar-refractivity contribution in [3.8, 4) is 5.75 Å². The molecule has 8 heteroatoms. The Labute approximate surface area is 191 Å². The number of halogens is 2. The number of fused-ring (bicyclic) bond motifs is 1. The molecule has 1 fully saturated rings. The van der Waals surface area contributed by atoms with Gasteiger partial charge < -0.3 is 19.3 Å². The van der Waals surface area contributed by atoms with Crippen molar-refractivity contribution in [3.05, 3.63) is 58.2 Å². The maximum atomic E-state index is 12.7. The van der Waals surface area contributed by atoms with E-state index in [9.17, 15) is 4.79 Å². The fourth-order valence-corrected chi connectivity index (χ4v) is 4.32. The summed E-state index contributed by atoms with van der Waals surface area (Å²) < 4.78 is 10.7. The highest BCUT2D eigenvalue weighted by molar-refractivity contribution is 6.33. The average Bonchev–Trinajstić information content (AvgIpc) is 2.78. The van der Waals surface area contributed by atoms with Gasteiger partial charge in [-0.05, 0) is 37.3 Å². The minimum Gasteiger partial charge on any atom is -0.495 e. The van der Waals surface area contributed by atoms with Gasteiger partial charge >= 0.3 is 5.97 Å². The third kappa shape index (κ3) is 4.36. The van der Waals surface area contributed by atoms with E-state index in [4.69, 9.17) is 32.7 Å². The Morgan fingerprint density at radius 3 is 2.52 bits per heavy atom. The van der Waals surface area contributed by atoms with E-state index in [1.807, 2.05) is 24.3 Å². The van der Waals surface area contributed by atoms with Crippen LogP contribution in [0.5, 0.6) is 5.75 Å². The van der Waals surface area contributed by atoms with Crippen LogP contribution in [0.2, 0.25) is 10.0 Å². The summed E-state index contributed by atoms with van der Waals surface area (Å²) in [5.74, 6) is 0.147. The van der Waals surface area contributed by atoms with Crippen LogP contribution < -0.4 is 14.5 Å². The van der Waals surface area contributed by atoms with Gasteiger partial charge in [0.1, 0.15) is 11.3 Å². The predicted octanol–water partition coefficient (Wildman–Crippen LogP) is 5.05. The van der Waals surface area contributed by atoms with Gasteiger partial charge in [0, 0.05) is 48.5 Å². The number of carbonyl (C=O) groups is 1. The number of ether oxygens (including phenoxy) is 2. The summed E-state index contributed by atoms with van der Waals surface area (Å²) in [4.78, 5) is 21.7. The predicted molar refractivity (Wildman–Crippen MR) is 125 cm³/mol. The van der Waals surface area contributed by atoms with E-state index >= 15 is 0 Å². The highest BCUT2D eigenvalue weighted by atomic mass is 35.5. The number of piperazine rings is 1. The number of aromatic nitrogens is 1. The normalized spacial score (nSPS) is 14.1. The van der Waals surface area contributed by atoms with Gasteiger partial charge in [0.15, 0.2) is 0 Å². The van der Waals surface area contributed by atoms with Gasteiger partial charge in [-0.15, -0.1) is 0 Å². The van der Waals surface area contributed by atoms with Crippen LogP contribution in [-0.2, 0) is 4.74 Å². The molecule has 1 aliphatic heterocycles. The van der Waals surface area contributed by atoms with E-state index < -0.39 is 5.97 Å². The zero-order chi connectivity index (χ0) is 22.0. The Balaban J connectivity index is 1.72. The number of esters is 1. The molecular formula is C23H23Cl2N3O3. The number of carbonyl (C=O) groups excluding carboxylic acids is 1. The monoisotopic (exact) mass is 459 g/mol. The lowest BCUT2D eigenvalue weighted by atomic mass is 10.1. The molecule has 0 aliphatic carbocycles. The van der Waals surface area contributed by atoms with Crippen LogP contribution in [0.4, 0.5) is 11.4 Å². The molecule has 2 aromatic carbocycles. The number of nitrogens with zero attached hydrogens (tertiary/aromatic N) is 3. The molecule has 0 bridgehead atoms. The van der Waals surface area contributed by atoms with E-state index in [-0.39, 0.29) is 0 Å². The number of pyridine rings is 1. The molecule has 2 heterocycles. The Morgan fingerprint density at radius 2 is 1.84 bits per heavy atom. The lowest BCUT2D eigenvalue weighted by molar-refractivity contribution is 0.0527. The van der Waals surface area contributed by atoms with E-state index in [1.165, 1.54) is 0 Å². The van der Waals surface area contributed by atoms with Crippen molar-refractivity contribution < 1.29 is 14.3 Å². The summed E-state index contributed by atoms with van der Waals surface area (Å²) in [6.45, 7) is 5.11. The van der Waals surface area contributed by atoms with Gasteiger partial charge in [-0.3, -0.25) is 4.98 Å². The highest BCUT2D eigenvalue weighted by Crippen LogP contribution is 2.37. The molecule has 0 atom stereocenters. The molecule has 4 rings (SSSR count). The van der Waals surface area contributed by atoms with Crippen LogP contribution in [0.15, 0.2) is 42.6 Å². The first-order valence-corrected chi connectivity index (χ1v) is 10.9. The number of hydrogen-bond acceptors (Lipinski definition) is 6. The third-order valence-electron chi connectivity index (χ3n) is 5.38. The van der Waals surface area contributed by atoms with Gasteiger partial charge in [-0.25, -0.2) is 4.79 Å². The molecule has 31 heavy (non-hydrogen) atoms. The zero-order valence-electron chi connectivity index (χ0n) is 17.4. The SMILES string of the molecule is CCOC(=O)c1cnc2cc(Cl)c(OC)cc2c1N1CCN(c2cccc(Cl)c2)CC1. The first-order chi connectivity index (χ1) is 15.0. The van der Waals surface area contributed by atoms with E-state index in [0.717, 1.165) is 42.9 Å². The molecule has 0 radical (unpaired) electrons. The first-order valence-electron chi connectivity index (χ1n) is 10.1. The largest absolute Gasteiger partial charge is 0.495 e. The van der Waals surface area contributed by atoms with E-state index in [0.29, 0.717) is 33.5 Å².